The molecule has 0 aliphatic rings. The summed E-state index contributed by atoms with van der Waals surface area (Å²) in [5.41, 5.74) is 13.7. The molecule has 0 saturated heterocycles. The maximum absolute atomic E-state index is 6.92. The van der Waals surface area contributed by atoms with Crippen LogP contribution >= 0.6 is 0 Å². The van der Waals surface area contributed by atoms with Crippen LogP contribution in [-0.4, -0.2) is 29.1 Å². The lowest BCUT2D eigenvalue weighted by atomic mass is 9.99. The first-order chi connectivity index (χ1) is 32.2. The molecular weight excluding hydrogens is 797 g/mol. The zero-order valence-corrected chi connectivity index (χ0v) is 34.9. The zero-order chi connectivity index (χ0) is 42.8. The summed E-state index contributed by atoms with van der Waals surface area (Å²) in [6.07, 6.45) is 0. The highest BCUT2D eigenvalue weighted by Crippen LogP contribution is 2.43. The second-order valence-corrected chi connectivity index (χ2v) is 16.2. The summed E-state index contributed by atoms with van der Waals surface area (Å²) in [6, 6.07) is 75.6. The lowest BCUT2D eigenvalue weighted by molar-refractivity contribution is 0.618. The Bertz CT molecular complexity index is 3870. The van der Waals surface area contributed by atoms with Crippen LogP contribution in [0.3, 0.4) is 0 Å². The van der Waals surface area contributed by atoms with E-state index in [-0.39, 0.29) is 0 Å². The van der Waals surface area contributed by atoms with E-state index in [0.717, 1.165) is 82.6 Å². The number of aromatic nitrogens is 6. The van der Waals surface area contributed by atoms with Gasteiger partial charge in [-0.05, 0) is 58.7 Å². The van der Waals surface area contributed by atoms with Gasteiger partial charge in [-0.3, -0.25) is 4.57 Å². The Labute approximate surface area is 373 Å². The van der Waals surface area contributed by atoms with Gasteiger partial charge in [-0.2, -0.15) is 9.97 Å². The molecule has 7 heteroatoms. The van der Waals surface area contributed by atoms with Crippen LogP contribution in [-0.2, 0) is 0 Å². The van der Waals surface area contributed by atoms with Gasteiger partial charge in [-0.1, -0.05) is 182 Å². The number of benzene rings is 9. The van der Waals surface area contributed by atoms with Gasteiger partial charge in [0.05, 0.1) is 27.8 Å². The van der Waals surface area contributed by atoms with Gasteiger partial charge in [-0.15, -0.1) is 0 Å². The van der Waals surface area contributed by atoms with E-state index in [1.807, 2.05) is 72.8 Å². The number of nitrogens with zero attached hydrogens (tertiary/aromatic N) is 6. The van der Waals surface area contributed by atoms with Crippen molar-refractivity contribution in [3.8, 4) is 68.1 Å². The average molecular weight is 833 g/mol. The minimum absolute atomic E-state index is 0.531. The Balaban J connectivity index is 1.04. The van der Waals surface area contributed by atoms with Crippen LogP contribution in [0, 0.1) is 0 Å². The number of oxazole rings is 1. The molecule has 0 bridgehead atoms. The zero-order valence-electron chi connectivity index (χ0n) is 34.9. The van der Waals surface area contributed by atoms with E-state index in [1.54, 1.807) is 0 Å². The number of fused-ring (bicyclic) bond motifs is 8. The third-order valence-corrected chi connectivity index (χ3v) is 12.4. The lowest BCUT2D eigenvalue weighted by Gasteiger charge is -2.13. The molecule has 9 aromatic carbocycles. The van der Waals surface area contributed by atoms with Crippen molar-refractivity contribution < 1.29 is 4.42 Å². The van der Waals surface area contributed by atoms with Crippen molar-refractivity contribution in [3.63, 3.8) is 0 Å². The second kappa shape index (κ2) is 14.9. The standard InChI is InChI=1S/C58H36N6O/c1-4-16-37(17-5-1)38-30-32-39(33-31-38)42-22-14-23-43(36-42)57-59-48-26-15-29-51(54(48)65-57)63-49-27-12-10-24-44(49)46-34-35-47-45-25-11-13-28-50(45)64(53(47)52(46)63)58-61-55(40-18-6-2-7-19-40)60-56(62-58)41-20-8-3-9-21-41/h1-36H. The molecule has 4 aromatic heterocycles. The van der Waals surface area contributed by atoms with Gasteiger partial charge in [0.15, 0.2) is 17.2 Å². The largest absolute Gasteiger partial charge is 0.434 e. The molecule has 0 atom stereocenters. The van der Waals surface area contributed by atoms with Crippen LogP contribution in [0.4, 0.5) is 0 Å². The van der Waals surface area contributed by atoms with Gasteiger partial charge in [0, 0.05) is 38.2 Å². The van der Waals surface area contributed by atoms with Crippen LogP contribution in [0.2, 0.25) is 0 Å². The first kappa shape index (κ1) is 36.7. The van der Waals surface area contributed by atoms with Gasteiger partial charge in [0.2, 0.25) is 11.8 Å². The summed E-state index contributed by atoms with van der Waals surface area (Å²) in [7, 11) is 0. The first-order valence-corrected chi connectivity index (χ1v) is 21.7. The number of para-hydroxylation sites is 3. The molecule has 7 nitrogen and oxygen atoms in total. The SMILES string of the molecule is c1ccc(-c2ccc(-c3cccc(-c4nc5cccc(-n6c7ccccc7c7ccc8c9ccccc9n(-c9nc(-c%10ccccc%10)nc(-c%10ccccc%10)n9)c8c76)c5o4)c3)cc2)cc1. The molecule has 0 radical (unpaired) electrons. The van der Waals surface area contributed by atoms with Crippen molar-refractivity contribution in [2.24, 2.45) is 0 Å². The summed E-state index contributed by atoms with van der Waals surface area (Å²) in [5, 5.41) is 4.40. The quantitative estimate of drug-likeness (QED) is 0.160. The average Bonchev–Trinajstić information content (AvgIpc) is 4.08. The van der Waals surface area contributed by atoms with E-state index in [9.17, 15) is 0 Å². The fraction of sp³-hybridized carbons (Fsp3) is 0. The molecule has 0 aliphatic carbocycles. The van der Waals surface area contributed by atoms with Gasteiger partial charge in [0.25, 0.3) is 0 Å². The molecule has 13 aromatic rings. The van der Waals surface area contributed by atoms with Crippen molar-refractivity contribution in [1.29, 1.82) is 0 Å². The second-order valence-electron chi connectivity index (χ2n) is 16.2. The Morgan fingerprint density at radius 1 is 0.323 bits per heavy atom. The van der Waals surface area contributed by atoms with Crippen LogP contribution in [0.15, 0.2) is 223 Å². The highest BCUT2D eigenvalue weighted by Gasteiger charge is 2.25. The Morgan fingerprint density at radius 2 is 0.800 bits per heavy atom. The molecule has 13 rings (SSSR count). The van der Waals surface area contributed by atoms with E-state index in [1.165, 1.54) is 11.1 Å². The Kier molecular flexibility index (Phi) is 8.39. The van der Waals surface area contributed by atoms with Crippen LogP contribution in [0.5, 0.6) is 0 Å². The van der Waals surface area contributed by atoms with Crippen molar-refractivity contribution in [2.75, 3.05) is 0 Å². The van der Waals surface area contributed by atoms with Crippen molar-refractivity contribution >= 4 is 54.7 Å². The molecule has 0 fully saturated rings. The monoisotopic (exact) mass is 832 g/mol. The maximum atomic E-state index is 6.92. The molecule has 0 unspecified atom stereocenters. The lowest BCUT2D eigenvalue weighted by Crippen LogP contribution is -2.07. The number of hydrogen-bond donors (Lipinski definition) is 0. The normalized spacial score (nSPS) is 11.7. The third kappa shape index (κ3) is 6.05. The molecule has 0 saturated carbocycles. The van der Waals surface area contributed by atoms with Crippen LogP contribution in [0.25, 0.3) is 123 Å². The fourth-order valence-electron chi connectivity index (χ4n) is 9.41. The van der Waals surface area contributed by atoms with Crippen molar-refractivity contribution in [1.82, 2.24) is 29.1 Å². The highest BCUT2D eigenvalue weighted by atomic mass is 16.3. The molecule has 304 valence electrons. The maximum Gasteiger partial charge on any atom is 0.238 e. The molecule has 0 amide bonds. The van der Waals surface area contributed by atoms with Crippen molar-refractivity contribution in [2.45, 2.75) is 0 Å². The smallest absolute Gasteiger partial charge is 0.238 e. The predicted octanol–water partition coefficient (Wildman–Crippen LogP) is 14.5. The molecule has 4 heterocycles. The summed E-state index contributed by atoms with van der Waals surface area (Å²) >= 11 is 0. The fourth-order valence-corrected chi connectivity index (χ4v) is 9.41. The van der Waals surface area contributed by atoms with Crippen molar-refractivity contribution in [3.05, 3.63) is 218 Å². The van der Waals surface area contributed by atoms with Gasteiger partial charge in [-0.25, -0.2) is 9.97 Å². The molecule has 0 spiro atoms. The molecular formula is C58H36N6O. The van der Waals surface area contributed by atoms with Gasteiger partial charge < -0.3 is 8.98 Å². The Hall–Kier alpha value is -8.94. The van der Waals surface area contributed by atoms with E-state index in [2.05, 4.69) is 155 Å². The summed E-state index contributed by atoms with van der Waals surface area (Å²) in [6.45, 7) is 0. The van der Waals surface area contributed by atoms with E-state index >= 15 is 0 Å². The summed E-state index contributed by atoms with van der Waals surface area (Å²) < 4.78 is 11.5. The highest BCUT2D eigenvalue weighted by molar-refractivity contribution is 6.24. The third-order valence-electron chi connectivity index (χ3n) is 12.4. The molecule has 65 heavy (non-hydrogen) atoms. The number of hydrogen-bond acceptors (Lipinski definition) is 5. The van der Waals surface area contributed by atoms with E-state index in [0.29, 0.717) is 29.1 Å². The van der Waals surface area contributed by atoms with Gasteiger partial charge >= 0.3 is 0 Å². The Morgan fingerprint density at radius 3 is 1.43 bits per heavy atom. The summed E-state index contributed by atoms with van der Waals surface area (Å²) in [4.78, 5) is 20.7. The topological polar surface area (TPSA) is 74.6 Å². The number of rotatable bonds is 7. The summed E-state index contributed by atoms with van der Waals surface area (Å²) in [5.74, 6) is 2.28. The molecule has 0 aliphatic heterocycles. The minimum Gasteiger partial charge on any atom is -0.434 e. The first-order valence-electron chi connectivity index (χ1n) is 21.7. The van der Waals surface area contributed by atoms with Gasteiger partial charge in [0.1, 0.15) is 5.52 Å². The minimum atomic E-state index is 0.531. The van der Waals surface area contributed by atoms with Crippen LogP contribution < -0.4 is 0 Å². The predicted molar refractivity (Wildman–Crippen MR) is 263 cm³/mol. The van der Waals surface area contributed by atoms with Crippen LogP contribution in [0.1, 0.15) is 0 Å². The van der Waals surface area contributed by atoms with E-state index in [4.69, 9.17) is 24.4 Å². The molecule has 0 N–H and O–H groups in total. The van der Waals surface area contributed by atoms with E-state index < -0.39 is 0 Å².